The van der Waals surface area contributed by atoms with Gasteiger partial charge >= 0.3 is 12.5 Å². The van der Waals surface area contributed by atoms with Gasteiger partial charge in [0, 0.05) is 0 Å². The summed E-state index contributed by atoms with van der Waals surface area (Å²) in [6.45, 7) is 0.976. The second-order valence-corrected chi connectivity index (χ2v) is 5.78. The minimum atomic E-state index is -5.18. The molecule has 2 aromatic carbocycles. The van der Waals surface area contributed by atoms with Gasteiger partial charge in [0.2, 0.25) is 11.6 Å². The number of carbonyl (C=O) groups is 1. The number of benzene rings is 2. The molecular formula is C17H10ClF7O4. The van der Waals surface area contributed by atoms with Gasteiger partial charge in [0.25, 0.3) is 5.24 Å². The summed E-state index contributed by atoms with van der Waals surface area (Å²) < 4.78 is 104. The van der Waals surface area contributed by atoms with Gasteiger partial charge in [-0.1, -0.05) is 0 Å². The van der Waals surface area contributed by atoms with E-state index in [1.54, 1.807) is 0 Å². The molecule has 0 spiro atoms. The van der Waals surface area contributed by atoms with Crippen molar-refractivity contribution in [2.75, 3.05) is 7.11 Å². The topological polar surface area (TPSA) is 44.8 Å². The molecule has 4 nitrogen and oxygen atoms in total. The van der Waals surface area contributed by atoms with Gasteiger partial charge in [-0.05, 0) is 48.4 Å². The van der Waals surface area contributed by atoms with Gasteiger partial charge < -0.3 is 14.2 Å². The molecule has 0 heterocycles. The van der Waals surface area contributed by atoms with Crippen molar-refractivity contribution in [3.63, 3.8) is 0 Å². The molecule has 2 rings (SSSR count). The summed E-state index contributed by atoms with van der Waals surface area (Å²) in [5.74, 6) is -4.66. The zero-order chi connectivity index (χ0) is 22.1. The van der Waals surface area contributed by atoms with Gasteiger partial charge in [-0.2, -0.15) is 17.6 Å². The van der Waals surface area contributed by atoms with Crippen LogP contribution < -0.4 is 14.2 Å². The molecule has 158 valence electrons. The first-order valence-electron chi connectivity index (χ1n) is 7.47. The highest BCUT2D eigenvalue weighted by atomic mass is 35.5. The van der Waals surface area contributed by atoms with E-state index in [0.717, 1.165) is 26.2 Å². The fraction of sp³-hybridized carbons (Fsp3) is 0.235. The molecule has 0 fully saturated rings. The Morgan fingerprint density at radius 2 is 1.52 bits per heavy atom. The Bertz CT molecular complexity index is 939. The van der Waals surface area contributed by atoms with Crippen LogP contribution in [0.5, 0.6) is 23.0 Å². The summed E-state index contributed by atoms with van der Waals surface area (Å²) in [5.41, 5.74) is -2.35. The van der Waals surface area contributed by atoms with E-state index in [0.29, 0.717) is 12.1 Å². The first kappa shape index (κ1) is 22.6. The molecule has 29 heavy (non-hydrogen) atoms. The third kappa shape index (κ3) is 5.03. The van der Waals surface area contributed by atoms with Gasteiger partial charge in [-0.25, -0.2) is 0 Å². The Kier molecular flexibility index (Phi) is 6.21. The van der Waals surface area contributed by atoms with Crippen molar-refractivity contribution in [3.8, 4) is 23.0 Å². The number of ether oxygens (including phenoxy) is 3. The second kappa shape index (κ2) is 7.97. The maximum atomic E-state index is 14.3. The second-order valence-electron chi connectivity index (χ2n) is 5.44. The van der Waals surface area contributed by atoms with Crippen LogP contribution >= 0.6 is 11.6 Å². The SMILES string of the molecule is COc1c(Oc2ccc(C(F)(F)F)c(C)c2C(=O)Cl)ccc(OC(F)(F)F)c1F. The summed E-state index contributed by atoms with van der Waals surface area (Å²) in [6.07, 6.45) is -9.97. The van der Waals surface area contributed by atoms with Crippen molar-refractivity contribution in [2.45, 2.75) is 19.5 Å². The van der Waals surface area contributed by atoms with E-state index >= 15 is 0 Å². The van der Waals surface area contributed by atoms with Gasteiger partial charge in [0.05, 0.1) is 18.2 Å². The Hall–Kier alpha value is -2.69. The van der Waals surface area contributed by atoms with Crippen molar-refractivity contribution < 1.29 is 49.7 Å². The Morgan fingerprint density at radius 1 is 0.966 bits per heavy atom. The van der Waals surface area contributed by atoms with Crippen LogP contribution in [0.15, 0.2) is 24.3 Å². The van der Waals surface area contributed by atoms with Crippen molar-refractivity contribution in [1.29, 1.82) is 0 Å². The molecule has 0 aromatic heterocycles. The van der Waals surface area contributed by atoms with Crippen LogP contribution in [0.2, 0.25) is 0 Å². The smallest absolute Gasteiger partial charge is 0.490 e. The number of carbonyl (C=O) groups excluding carboxylic acids is 1. The maximum absolute atomic E-state index is 14.3. The first-order valence-corrected chi connectivity index (χ1v) is 7.84. The highest BCUT2D eigenvalue weighted by Crippen LogP contribution is 2.43. The predicted octanol–water partition coefficient (Wildman–Crippen LogP) is 6.23. The Labute approximate surface area is 163 Å². The molecule has 0 amide bonds. The van der Waals surface area contributed by atoms with Crippen molar-refractivity contribution >= 4 is 16.8 Å². The minimum Gasteiger partial charge on any atom is -0.490 e. The lowest BCUT2D eigenvalue weighted by Gasteiger charge is -2.18. The lowest BCUT2D eigenvalue weighted by Crippen LogP contribution is -2.18. The lowest BCUT2D eigenvalue weighted by atomic mass is 10.0. The fourth-order valence-electron chi connectivity index (χ4n) is 2.44. The quantitative estimate of drug-likeness (QED) is 0.403. The third-order valence-electron chi connectivity index (χ3n) is 3.60. The molecule has 0 unspecified atom stereocenters. The van der Waals surface area contributed by atoms with E-state index in [2.05, 4.69) is 9.47 Å². The number of methoxy groups -OCH3 is 1. The van der Waals surface area contributed by atoms with Crippen LogP contribution in [0.4, 0.5) is 30.7 Å². The molecule has 0 bridgehead atoms. The van der Waals surface area contributed by atoms with Gasteiger partial charge in [-0.3, -0.25) is 4.79 Å². The van der Waals surface area contributed by atoms with Crippen LogP contribution in [-0.2, 0) is 6.18 Å². The highest BCUT2D eigenvalue weighted by molar-refractivity contribution is 6.68. The fourth-order valence-corrected chi connectivity index (χ4v) is 2.67. The normalized spacial score (nSPS) is 11.9. The molecule has 0 radical (unpaired) electrons. The van der Waals surface area contributed by atoms with E-state index in [-0.39, 0.29) is 0 Å². The van der Waals surface area contributed by atoms with Crippen molar-refractivity contribution in [2.24, 2.45) is 0 Å². The van der Waals surface area contributed by atoms with Crippen LogP contribution in [0.25, 0.3) is 0 Å². The number of halogens is 8. The monoisotopic (exact) mass is 446 g/mol. The molecule has 2 aromatic rings. The maximum Gasteiger partial charge on any atom is 0.573 e. The summed E-state index contributed by atoms with van der Waals surface area (Å²) in [5, 5.41) is -1.29. The largest absolute Gasteiger partial charge is 0.573 e. The molecule has 0 aliphatic heterocycles. The first-order chi connectivity index (χ1) is 13.3. The molecule has 0 aliphatic carbocycles. The van der Waals surface area contributed by atoms with Crippen LogP contribution in [0, 0.1) is 12.7 Å². The van der Waals surface area contributed by atoms with Crippen LogP contribution in [-0.4, -0.2) is 18.7 Å². The molecule has 0 atom stereocenters. The van der Waals surface area contributed by atoms with Gasteiger partial charge in [0.15, 0.2) is 11.5 Å². The molecule has 0 saturated heterocycles. The molecule has 12 heteroatoms. The standard InChI is InChI=1S/C17H10ClF7O4/c1-7-8(16(20,21)22)3-4-9(12(7)15(18)26)28-11-6-5-10(29-17(23,24)25)13(19)14(11)27-2/h3-6H,1-2H3. The summed E-state index contributed by atoms with van der Waals surface area (Å²) >= 11 is 5.37. The van der Waals surface area contributed by atoms with E-state index in [1.807, 2.05) is 0 Å². The average Bonchev–Trinajstić information content (AvgIpc) is 2.55. The van der Waals surface area contributed by atoms with Crippen LogP contribution in [0.3, 0.4) is 0 Å². The van der Waals surface area contributed by atoms with E-state index in [9.17, 15) is 35.5 Å². The summed E-state index contributed by atoms with van der Waals surface area (Å²) in [4.78, 5) is 11.7. The zero-order valence-electron chi connectivity index (χ0n) is 14.5. The third-order valence-corrected chi connectivity index (χ3v) is 3.79. The predicted molar refractivity (Wildman–Crippen MR) is 86.1 cm³/mol. The molecule has 0 saturated carbocycles. The summed E-state index contributed by atoms with van der Waals surface area (Å²) in [7, 11) is 0.911. The number of hydrogen-bond donors (Lipinski definition) is 0. The van der Waals surface area contributed by atoms with Gasteiger partial charge in [-0.15, -0.1) is 13.2 Å². The molecule has 0 N–H and O–H groups in total. The number of alkyl halides is 6. The highest BCUT2D eigenvalue weighted by Gasteiger charge is 2.36. The summed E-state index contributed by atoms with van der Waals surface area (Å²) in [6, 6.07) is 2.76. The number of hydrogen-bond acceptors (Lipinski definition) is 4. The zero-order valence-corrected chi connectivity index (χ0v) is 15.2. The Balaban J connectivity index is 2.55. The van der Waals surface area contributed by atoms with Crippen molar-refractivity contribution in [1.82, 2.24) is 0 Å². The Morgan fingerprint density at radius 3 is 2.00 bits per heavy atom. The van der Waals surface area contributed by atoms with Gasteiger partial charge in [0.1, 0.15) is 5.75 Å². The van der Waals surface area contributed by atoms with E-state index < -0.39 is 63.3 Å². The molecule has 0 aliphatic rings. The minimum absolute atomic E-state index is 0.488. The number of rotatable bonds is 5. The van der Waals surface area contributed by atoms with E-state index in [4.69, 9.17) is 16.3 Å². The molecular weight excluding hydrogens is 437 g/mol. The van der Waals surface area contributed by atoms with Crippen LogP contribution in [0.1, 0.15) is 21.5 Å². The van der Waals surface area contributed by atoms with Crippen molar-refractivity contribution in [3.05, 3.63) is 46.8 Å². The van der Waals surface area contributed by atoms with E-state index in [1.165, 1.54) is 0 Å². The lowest BCUT2D eigenvalue weighted by molar-refractivity contribution is -0.275. The average molecular weight is 447 g/mol.